The minimum Gasteiger partial charge on any atom is -0.486 e. The molecule has 136 valence electrons. The monoisotopic (exact) mass is 443 g/mol. The standard InChI is InChI=1S/C19H14BrN3O3S/c1-11-8-18(24)26-16-7-6-14(9-15(11)16)25-10-17-22-23-19(27-17)21-13-4-2-12(20)3-5-13/h2-9H,10H2,1H3,(H,21,23). The minimum atomic E-state index is -0.353. The second kappa shape index (κ2) is 7.50. The average Bonchev–Trinajstić information content (AvgIpc) is 3.09. The first-order valence-corrected chi connectivity index (χ1v) is 9.70. The molecule has 27 heavy (non-hydrogen) atoms. The van der Waals surface area contributed by atoms with Gasteiger partial charge in [0.2, 0.25) is 5.13 Å². The Labute approximate surface area is 167 Å². The molecule has 2 aromatic carbocycles. The number of hydrogen-bond acceptors (Lipinski definition) is 7. The molecule has 6 nitrogen and oxygen atoms in total. The van der Waals surface area contributed by atoms with Gasteiger partial charge in [0.05, 0.1) is 0 Å². The number of nitrogens with one attached hydrogen (secondary N) is 1. The zero-order valence-corrected chi connectivity index (χ0v) is 16.6. The molecule has 0 spiro atoms. The molecule has 0 saturated carbocycles. The minimum absolute atomic E-state index is 0.307. The van der Waals surface area contributed by atoms with Gasteiger partial charge in [-0.25, -0.2) is 4.79 Å². The Bertz CT molecular complexity index is 1160. The van der Waals surface area contributed by atoms with E-state index in [9.17, 15) is 4.79 Å². The van der Waals surface area contributed by atoms with Gasteiger partial charge in [-0.3, -0.25) is 0 Å². The Morgan fingerprint density at radius 3 is 2.78 bits per heavy atom. The van der Waals surface area contributed by atoms with Crippen LogP contribution in [0.5, 0.6) is 5.75 Å². The Balaban J connectivity index is 1.44. The van der Waals surface area contributed by atoms with Crippen molar-refractivity contribution >= 4 is 49.1 Å². The van der Waals surface area contributed by atoms with E-state index in [2.05, 4.69) is 31.4 Å². The predicted molar refractivity (Wildman–Crippen MR) is 109 cm³/mol. The van der Waals surface area contributed by atoms with Crippen LogP contribution in [0.25, 0.3) is 11.0 Å². The molecule has 2 aromatic heterocycles. The van der Waals surface area contributed by atoms with Gasteiger partial charge in [-0.2, -0.15) is 0 Å². The van der Waals surface area contributed by atoms with Crippen LogP contribution in [-0.2, 0) is 6.61 Å². The molecule has 0 aliphatic rings. The first-order chi connectivity index (χ1) is 13.1. The van der Waals surface area contributed by atoms with E-state index < -0.39 is 0 Å². The molecular formula is C19H14BrN3O3S. The van der Waals surface area contributed by atoms with E-state index in [1.165, 1.54) is 17.4 Å². The number of ether oxygens (including phenoxy) is 1. The summed E-state index contributed by atoms with van der Waals surface area (Å²) in [4.78, 5) is 11.4. The van der Waals surface area contributed by atoms with Gasteiger partial charge in [-0.1, -0.05) is 27.3 Å². The molecule has 0 radical (unpaired) electrons. The van der Waals surface area contributed by atoms with Crippen LogP contribution < -0.4 is 15.7 Å². The number of fused-ring (bicyclic) bond motifs is 1. The molecule has 0 unspecified atom stereocenters. The van der Waals surface area contributed by atoms with Crippen molar-refractivity contribution in [3.05, 3.63) is 74.0 Å². The smallest absolute Gasteiger partial charge is 0.336 e. The van der Waals surface area contributed by atoms with Crippen LogP contribution >= 0.6 is 27.3 Å². The molecule has 2 heterocycles. The number of halogens is 1. The topological polar surface area (TPSA) is 77.2 Å². The largest absolute Gasteiger partial charge is 0.486 e. The fourth-order valence-electron chi connectivity index (χ4n) is 2.55. The van der Waals surface area contributed by atoms with E-state index in [4.69, 9.17) is 9.15 Å². The van der Waals surface area contributed by atoms with E-state index in [-0.39, 0.29) is 5.63 Å². The normalized spacial score (nSPS) is 10.9. The second-order valence-corrected chi connectivity index (χ2v) is 7.81. The number of rotatable bonds is 5. The molecule has 0 atom stereocenters. The number of aromatic nitrogens is 2. The molecule has 0 aliphatic heterocycles. The number of nitrogens with zero attached hydrogens (tertiary/aromatic N) is 2. The lowest BCUT2D eigenvalue weighted by molar-refractivity contribution is 0.305. The van der Waals surface area contributed by atoms with E-state index in [0.29, 0.717) is 23.1 Å². The molecule has 8 heteroatoms. The van der Waals surface area contributed by atoms with Gasteiger partial charge in [-0.15, -0.1) is 10.2 Å². The molecule has 1 N–H and O–H groups in total. The highest BCUT2D eigenvalue weighted by Crippen LogP contribution is 2.25. The molecule has 4 rings (SSSR count). The van der Waals surface area contributed by atoms with Gasteiger partial charge in [0, 0.05) is 21.6 Å². The maximum Gasteiger partial charge on any atom is 0.336 e. The van der Waals surface area contributed by atoms with Crippen molar-refractivity contribution in [1.82, 2.24) is 10.2 Å². The number of anilines is 2. The lowest BCUT2D eigenvalue weighted by atomic mass is 10.1. The van der Waals surface area contributed by atoms with Crippen molar-refractivity contribution in [3.63, 3.8) is 0 Å². The van der Waals surface area contributed by atoms with Crippen LogP contribution in [0, 0.1) is 6.92 Å². The van der Waals surface area contributed by atoms with E-state index in [0.717, 1.165) is 26.1 Å². The zero-order chi connectivity index (χ0) is 18.8. The first-order valence-electron chi connectivity index (χ1n) is 8.09. The highest BCUT2D eigenvalue weighted by Gasteiger charge is 2.08. The number of hydrogen-bond donors (Lipinski definition) is 1. The Morgan fingerprint density at radius 2 is 1.96 bits per heavy atom. The second-order valence-electron chi connectivity index (χ2n) is 5.83. The quantitative estimate of drug-likeness (QED) is 0.435. The summed E-state index contributed by atoms with van der Waals surface area (Å²) in [5.74, 6) is 0.678. The van der Waals surface area contributed by atoms with Crippen LogP contribution in [-0.4, -0.2) is 10.2 Å². The van der Waals surface area contributed by atoms with Crippen LogP contribution in [0.4, 0.5) is 10.8 Å². The van der Waals surface area contributed by atoms with Crippen LogP contribution in [0.1, 0.15) is 10.6 Å². The van der Waals surface area contributed by atoms with Crippen LogP contribution in [0.15, 0.2) is 62.2 Å². The van der Waals surface area contributed by atoms with E-state index in [1.807, 2.05) is 37.3 Å². The van der Waals surface area contributed by atoms with E-state index >= 15 is 0 Å². The molecule has 4 aromatic rings. The zero-order valence-electron chi connectivity index (χ0n) is 14.2. The van der Waals surface area contributed by atoms with Gasteiger partial charge in [0.25, 0.3) is 0 Å². The maximum absolute atomic E-state index is 11.4. The van der Waals surface area contributed by atoms with Gasteiger partial charge in [-0.05, 0) is 55.0 Å². The summed E-state index contributed by atoms with van der Waals surface area (Å²) in [6, 6.07) is 14.7. The number of aryl methyl sites for hydroxylation is 1. The predicted octanol–water partition coefficient (Wildman–Crippen LogP) is 5.04. The summed E-state index contributed by atoms with van der Waals surface area (Å²) in [6.45, 7) is 2.18. The Kier molecular flexibility index (Phi) is 4.91. The molecular weight excluding hydrogens is 430 g/mol. The number of benzene rings is 2. The SMILES string of the molecule is Cc1cc(=O)oc2ccc(OCc3nnc(Nc4ccc(Br)cc4)s3)cc12. The van der Waals surface area contributed by atoms with Crippen molar-refractivity contribution < 1.29 is 9.15 Å². The summed E-state index contributed by atoms with van der Waals surface area (Å²) < 4.78 is 12.0. The lowest BCUT2D eigenvalue weighted by Gasteiger charge is -2.06. The summed E-state index contributed by atoms with van der Waals surface area (Å²) in [6.07, 6.45) is 0. The molecule has 0 fully saturated rings. The highest BCUT2D eigenvalue weighted by molar-refractivity contribution is 9.10. The summed E-state index contributed by atoms with van der Waals surface area (Å²) in [7, 11) is 0. The molecule has 0 amide bonds. The van der Waals surface area contributed by atoms with Crippen molar-refractivity contribution in [2.45, 2.75) is 13.5 Å². The van der Waals surface area contributed by atoms with Crippen LogP contribution in [0.3, 0.4) is 0 Å². The summed E-state index contributed by atoms with van der Waals surface area (Å²) in [5, 5.41) is 13.8. The summed E-state index contributed by atoms with van der Waals surface area (Å²) in [5.41, 5.74) is 1.98. The van der Waals surface area contributed by atoms with Gasteiger partial charge in [0.15, 0.2) is 5.01 Å². The van der Waals surface area contributed by atoms with Crippen LogP contribution in [0.2, 0.25) is 0 Å². The fourth-order valence-corrected chi connectivity index (χ4v) is 3.49. The Morgan fingerprint density at radius 1 is 1.15 bits per heavy atom. The van der Waals surface area contributed by atoms with Gasteiger partial charge < -0.3 is 14.5 Å². The highest BCUT2D eigenvalue weighted by atomic mass is 79.9. The van der Waals surface area contributed by atoms with Gasteiger partial charge >= 0.3 is 5.63 Å². The Hall–Kier alpha value is -2.71. The molecule has 0 aliphatic carbocycles. The summed E-state index contributed by atoms with van der Waals surface area (Å²) >= 11 is 4.84. The third-order valence-electron chi connectivity index (χ3n) is 3.85. The average molecular weight is 444 g/mol. The molecule has 0 saturated heterocycles. The van der Waals surface area contributed by atoms with Crippen molar-refractivity contribution in [1.29, 1.82) is 0 Å². The first kappa shape index (κ1) is 17.7. The third-order valence-corrected chi connectivity index (χ3v) is 5.19. The molecule has 0 bridgehead atoms. The third kappa shape index (κ3) is 4.17. The lowest BCUT2D eigenvalue weighted by Crippen LogP contribution is -1.99. The fraction of sp³-hybridized carbons (Fsp3) is 0.105. The van der Waals surface area contributed by atoms with Crippen molar-refractivity contribution in [2.75, 3.05) is 5.32 Å². The van der Waals surface area contributed by atoms with Crippen molar-refractivity contribution in [2.24, 2.45) is 0 Å². The van der Waals surface area contributed by atoms with Gasteiger partial charge in [0.1, 0.15) is 17.9 Å². The maximum atomic E-state index is 11.4. The van der Waals surface area contributed by atoms with E-state index in [1.54, 1.807) is 12.1 Å². The van der Waals surface area contributed by atoms with Crippen molar-refractivity contribution in [3.8, 4) is 5.75 Å².